The van der Waals surface area contributed by atoms with E-state index < -0.39 is 42.7 Å². The highest BCUT2D eigenvalue weighted by molar-refractivity contribution is 5.67. The van der Waals surface area contributed by atoms with Crippen molar-refractivity contribution in [2.24, 2.45) is 0 Å². The molecule has 0 spiro atoms. The topological polar surface area (TPSA) is 71.1 Å². The highest BCUT2D eigenvalue weighted by Crippen LogP contribution is 2.30. The zero-order valence-corrected chi connectivity index (χ0v) is 11.4. The molecule has 0 bridgehead atoms. The third kappa shape index (κ3) is 3.87. The maximum absolute atomic E-state index is 14.2. The summed E-state index contributed by atoms with van der Waals surface area (Å²) < 4.78 is 34.4. The molecule has 0 amide bonds. The third-order valence-corrected chi connectivity index (χ3v) is 2.83. The smallest absolute Gasteiger partial charge is 0.305 e. The van der Waals surface area contributed by atoms with Crippen LogP contribution in [0.1, 0.15) is 27.2 Å². The normalized spacial score (nSPS) is 34.7. The van der Waals surface area contributed by atoms with Crippen molar-refractivity contribution in [2.45, 2.75) is 58.0 Å². The van der Waals surface area contributed by atoms with Gasteiger partial charge in [0.2, 0.25) is 12.5 Å². The minimum Gasteiger partial charge on any atom is -0.456 e. The molecule has 0 radical (unpaired) electrons. The molecule has 19 heavy (non-hydrogen) atoms. The number of ether oxygens (including phenoxy) is 4. The molecule has 0 N–H and O–H groups in total. The Morgan fingerprint density at radius 3 is 2.16 bits per heavy atom. The van der Waals surface area contributed by atoms with Crippen LogP contribution < -0.4 is 0 Å². The summed E-state index contributed by atoms with van der Waals surface area (Å²) in [6.45, 7) is 4.14. The molecule has 5 atom stereocenters. The molecule has 1 aliphatic heterocycles. The first-order valence-electron chi connectivity index (χ1n) is 6.07. The molecular formula is C12H19FO6. The summed E-state index contributed by atoms with van der Waals surface area (Å²) in [5.74, 6) is -1.30. The molecule has 0 saturated carbocycles. The van der Waals surface area contributed by atoms with Crippen LogP contribution in [0.4, 0.5) is 4.39 Å². The largest absolute Gasteiger partial charge is 0.456 e. The van der Waals surface area contributed by atoms with Crippen molar-refractivity contribution in [1.29, 1.82) is 0 Å². The first-order chi connectivity index (χ1) is 8.90. The summed E-state index contributed by atoms with van der Waals surface area (Å²) in [4.78, 5) is 22.0. The van der Waals surface area contributed by atoms with Crippen molar-refractivity contribution in [2.75, 3.05) is 7.11 Å². The summed E-state index contributed by atoms with van der Waals surface area (Å²) in [5, 5.41) is 0. The van der Waals surface area contributed by atoms with Gasteiger partial charge in [0.05, 0.1) is 6.10 Å². The maximum Gasteiger partial charge on any atom is 0.305 e. The molecule has 1 heterocycles. The lowest BCUT2D eigenvalue weighted by atomic mass is 9.97. The lowest BCUT2D eigenvalue weighted by Gasteiger charge is -2.41. The molecule has 7 heteroatoms. The van der Waals surface area contributed by atoms with E-state index >= 15 is 0 Å². The predicted octanol–water partition coefficient (Wildman–Crippen LogP) is 0.969. The van der Waals surface area contributed by atoms with Crippen molar-refractivity contribution in [1.82, 2.24) is 0 Å². The Balaban J connectivity index is 2.91. The average Bonchev–Trinajstić information content (AvgIpc) is 2.32. The molecule has 0 aromatic rings. The van der Waals surface area contributed by atoms with Crippen LogP contribution in [-0.2, 0) is 28.5 Å². The fourth-order valence-corrected chi connectivity index (χ4v) is 2.07. The lowest BCUT2D eigenvalue weighted by molar-refractivity contribution is -0.280. The van der Waals surface area contributed by atoms with Gasteiger partial charge >= 0.3 is 11.9 Å². The van der Waals surface area contributed by atoms with Crippen LogP contribution in [0.15, 0.2) is 0 Å². The first-order valence-corrected chi connectivity index (χ1v) is 6.07. The molecule has 1 aliphatic rings. The second-order valence-corrected chi connectivity index (χ2v) is 4.28. The second-order valence-electron chi connectivity index (χ2n) is 4.28. The SMILES string of the molecule is CCC1OC(OC(C)=O)C([18F])C(OC(C)=O)C1OC. The third-order valence-electron chi connectivity index (χ3n) is 2.83. The van der Waals surface area contributed by atoms with Crippen molar-refractivity contribution in [3.05, 3.63) is 0 Å². The van der Waals surface area contributed by atoms with Gasteiger partial charge in [0.25, 0.3) is 0 Å². The van der Waals surface area contributed by atoms with Gasteiger partial charge in [-0.25, -0.2) is 4.39 Å². The first kappa shape index (κ1) is 15.8. The molecule has 6 nitrogen and oxygen atoms in total. The van der Waals surface area contributed by atoms with Gasteiger partial charge in [-0.15, -0.1) is 0 Å². The van der Waals surface area contributed by atoms with E-state index in [2.05, 4.69) is 0 Å². The van der Waals surface area contributed by atoms with E-state index in [0.717, 1.165) is 6.92 Å². The summed E-state index contributed by atoms with van der Waals surface area (Å²) in [7, 11) is 1.38. The van der Waals surface area contributed by atoms with E-state index in [1.807, 2.05) is 6.92 Å². The van der Waals surface area contributed by atoms with Gasteiger partial charge in [-0.1, -0.05) is 6.92 Å². The number of carbonyl (C=O) groups is 2. The van der Waals surface area contributed by atoms with E-state index in [-0.39, 0.29) is 0 Å². The highest BCUT2D eigenvalue weighted by atomic mass is 18.2. The number of esters is 2. The van der Waals surface area contributed by atoms with E-state index in [9.17, 15) is 14.0 Å². The van der Waals surface area contributed by atoms with Gasteiger partial charge in [0.1, 0.15) is 6.10 Å². The van der Waals surface area contributed by atoms with Crippen LogP contribution in [0.5, 0.6) is 0 Å². The fourth-order valence-electron chi connectivity index (χ4n) is 2.07. The molecule has 1 fully saturated rings. The molecule has 110 valence electrons. The van der Waals surface area contributed by atoms with Crippen LogP contribution in [0.3, 0.4) is 0 Å². The molecule has 0 aromatic carbocycles. The molecule has 1 saturated heterocycles. The molecule has 5 unspecified atom stereocenters. The van der Waals surface area contributed by atoms with Crippen LogP contribution >= 0.6 is 0 Å². The number of carbonyl (C=O) groups excluding carboxylic acids is 2. The Labute approximate surface area is 111 Å². The van der Waals surface area contributed by atoms with Crippen LogP contribution in [0, 0.1) is 0 Å². The Bertz CT molecular complexity index is 334. The Kier molecular flexibility index (Phi) is 5.68. The van der Waals surface area contributed by atoms with Gasteiger partial charge in [0, 0.05) is 21.0 Å². The predicted molar refractivity (Wildman–Crippen MR) is 62.0 cm³/mol. The zero-order valence-electron chi connectivity index (χ0n) is 11.4. The number of hydrogen-bond acceptors (Lipinski definition) is 6. The quantitative estimate of drug-likeness (QED) is 0.713. The Hall–Kier alpha value is -1.21. The molecule has 0 aliphatic carbocycles. The van der Waals surface area contributed by atoms with Gasteiger partial charge in [0.15, 0.2) is 6.10 Å². The summed E-state index contributed by atoms with van der Waals surface area (Å²) in [5.41, 5.74) is 0. The van der Waals surface area contributed by atoms with Crippen molar-refractivity contribution in [3.63, 3.8) is 0 Å². The van der Waals surface area contributed by atoms with Crippen LogP contribution in [0.2, 0.25) is 0 Å². The Morgan fingerprint density at radius 1 is 1.16 bits per heavy atom. The monoisotopic (exact) mass is 277 g/mol. The van der Waals surface area contributed by atoms with Gasteiger partial charge in [-0.3, -0.25) is 9.59 Å². The van der Waals surface area contributed by atoms with Crippen LogP contribution in [0.25, 0.3) is 0 Å². The molecular weight excluding hydrogens is 258 g/mol. The second kappa shape index (κ2) is 6.81. The minimum absolute atomic E-state index is 0.501. The lowest BCUT2D eigenvalue weighted by Crippen LogP contribution is -2.58. The summed E-state index contributed by atoms with van der Waals surface area (Å²) in [6.07, 6.45) is -5.11. The van der Waals surface area contributed by atoms with E-state index in [4.69, 9.17) is 18.9 Å². The highest BCUT2D eigenvalue weighted by Gasteiger charge is 2.49. The molecule has 0 aromatic heterocycles. The number of rotatable bonds is 4. The van der Waals surface area contributed by atoms with E-state index in [1.54, 1.807) is 0 Å². The van der Waals surface area contributed by atoms with Crippen LogP contribution in [-0.4, -0.2) is 49.8 Å². The maximum atomic E-state index is 14.2. The standard InChI is InChI=1S/C12H19FO6/c1-5-8-10(16-4)11(17-6(2)14)9(13)12(19-8)18-7(3)15/h8-12H,5H2,1-4H3/i13-1. The van der Waals surface area contributed by atoms with Crippen molar-refractivity contribution >= 4 is 11.9 Å². The number of alkyl halides is 1. The van der Waals surface area contributed by atoms with Gasteiger partial charge < -0.3 is 18.9 Å². The van der Waals surface area contributed by atoms with Gasteiger partial charge in [-0.2, -0.15) is 0 Å². The fraction of sp³-hybridized carbons (Fsp3) is 0.833. The van der Waals surface area contributed by atoms with Crippen molar-refractivity contribution in [3.8, 4) is 0 Å². The summed E-state index contributed by atoms with van der Waals surface area (Å²) >= 11 is 0. The van der Waals surface area contributed by atoms with Crippen molar-refractivity contribution < 1.29 is 32.9 Å². The average molecular weight is 277 g/mol. The summed E-state index contributed by atoms with van der Waals surface area (Å²) in [6, 6.07) is 0. The van der Waals surface area contributed by atoms with E-state index in [1.165, 1.54) is 14.0 Å². The van der Waals surface area contributed by atoms with E-state index in [0.29, 0.717) is 6.42 Å². The number of hydrogen-bond donors (Lipinski definition) is 0. The minimum atomic E-state index is -1.79. The molecule has 1 rings (SSSR count). The number of methoxy groups -OCH3 is 1. The Morgan fingerprint density at radius 2 is 1.74 bits per heavy atom. The number of halogens is 1. The zero-order chi connectivity index (χ0) is 14.6. The van der Waals surface area contributed by atoms with Gasteiger partial charge in [-0.05, 0) is 6.42 Å².